The van der Waals surface area contributed by atoms with Crippen molar-refractivity contribution < 1.29 is 14.6 Å². The molecule has 1 N–H and O–H groups in total. The Morgan fingerprint density at radius 1 is 1.35 bits per heavy atom. The summed E-state index contributed by atoms with van der Waals surface area (Å²) in [4.78, 5) is 13.4. The van der Waals surface area contributed by atoms with E-state index in [0.717, 1.165) is 25.7 Å². The second-order valence-electron chi connectivity index (χ2n) is 4.95. The van der Waals surface area contributed by atoms with Crippen molar-refractivity contribution in [3.63, 3.8) is 0 Å². The number of carbonyl (C=O) groups is 1. The molecule has 4 nitrogen and oxygen atoms in total. The van der Waals surface area contributed by atoms with Crippen LogP contribution in [0.4, 0.5) is 0 Å². The van der Waals surface area contributed by atoms with Crippen LogP contribution >= 0.6 is 0 Å². The Morgan fingerprint density at radius 3 is 2.41 bits per heavy atom. The van der Waals surface area contributed by atoms with Gasteiger partial charge in [0.1, 0.15) is 0 Å². The van der Waals surface area contributed by atoms with Crippen LogP contribution in [0, 0.1) is 5.92 Å². The minimum atomic E-state index is -0.730. The molecule has 1 aliphatic rings. The average Bonchev–Trinajstić information content (AvgIpc) is 2.76. The van der Waals surface area contributed by atoms with Gasteiger partial charge in [-0.15, -0.1) is 0 Å². The predicted molar refractivity (Wildman–Crippen MR) is 67.1 cm³/mol. The largest absolute Gasteiger partial charge is 0.481 e. The van der Waals surface area contributed by atoms with E-state index in [1.165, 1.54) is 0 Å². The van der Waals surface area contributed by atoms with Crippen molar-refractivity contribution in [2.75, 3.05) is 20.3 Å². The zero-order valence-electron chi connectivity index (χ0n) is 11.2. The number of likely N-dealkylation sites (N-methyl/N-ethyl adjacent to an activating group) is 1. The van der Waals surface area contributed by atoms with Crippen molar-refractivity contribution in [1.29, 1.82) is 0 Å². The summed E-state index contributed by atoms with van der Waals surface area (Å²) in [6, 6.07) is 0.522. The fourth-order valence-electron chi connectivity index (χ4n) is 2.67. The maximum atomic E-state index is 11.1. The van der Waals surface area contributed by atoms with Crippen LogP contribution in [0.5, 0.6) is 0 Å². The molecule has 0 spiro atoms. The van der Waals surface area contributed by atoms with Crippen molar-refractivity contribution >= 4 is 5.97 Å². The molecule has 17 heavy (non-hydrogen) atoms. The van der Waals surface area contributed by atoms with Gasteiger partial charge >= 0.3 is 5.97 Å². The van der Waals surface area contributed by atoms with E-state index in [0.29, 0.717) is 19.3 Å². The van der Waals surface area contributed by atoms with Crippen molar-refractivity contribution in [2.24, 2.45) is 5.92 Å². The summed E-state index contributed by atoms with van der Waals surface area (Å²) in [5.74, 6) is -1.10. The Kier molecular flexibility index (Phi) is 5.92. The molecule has 1 heterocycles. The zero-order valence-corrected chi connectivity index (χ0v) is 11.2. The first-order valence-corrected chi connectivity index (χ1v) is 6.64. The first-order chi connectivity index (χ1) is 8.11. The van der Waals surface area contributed by atoms with Crippen LogP contribution < -0.4 is 0 Å². The molecule has 2 unspecified atom stereocenters. The maximum Gasteiger partial charge on any atom is 0.310 e. The number of hydrogen-bond acceptors (Lipinski definition) is 3. The van der Waals surface area contributed by atoms with Gasteiger partial charge < -0.3 is 9.84 Å². The summed E-state index contributed by atoms with van der Waals surface area (Å²) >= 11 is 0. The summed E-state index contributed by atoms with van der Waals surface area (Å²) in [5, 5.41) is 9.17. The highest BCUT2D eigenvalue weighted by Crippen LogP contribution is 2.24. The van der Waals surface area contributed by atoms with Gasteiger partial charge in [0.15, 0.2) is 0 Å². The number of aliphatic carboxylic acids is 1. The van der Waals surface area contributed by atoms with Gasteiger partial charge in [0, 0.05) is 12.1 Å². The highest BCUT2D eigenvalue weighted by Gasteiger charge is 2.38. The van der Waals surface area contributed by atoms with Crippen LogP contribution in [0.1, 0.15) is 39.5 Å². The van der Waals surface area contributed by atoms with Gasteiger partial charge in [-0.3, -0.25) is 9.69 Å². The third-order valence-electron chi connectivity index (χ3n) is 3.71. The van der Waals surface area contributed by atoms with E-state index in [1.807, 2.05) is 7.05 Å². The summed E-state index contributed by atoms with van der Waals surface area (Å²) < 4.78 is 5.34. The quantitative estimate of drug-likeness (QED) is 0.743. The Bertz CT molecular complexity index is 239. The molecular weight excluding hydrogens is 218 g/mol. The average molecular weight is 243 g/mol. The van der Waals surface area contributed by atoms with E-state index in [2.05, 4.69) is 18.7 Å². The molecule has 100 valence electrons. The molecule has 4 heteroatoms. The second-order valence-corrected chi connectivity index (χ2v) is 4.95. The first kappa shape index (κ1) is 14.5. The standard InChI is InChI=1S/C13H25NO3/c1-4-6-10(7-5-2)14(3)12-9-17-8-11(12)13(15)16/h10-12H,4-9H2,1-3H3,(H,15,16). The van der Waals surface area contributed by atoms with Crippen molar-refractivity contribution in [3.8, 4) is 0 Å². The number of rotatable bonds is 7. The van der Waals surface area contributed by atoms with Gasteiger partial charge in [-0.25, -0.2) is 0 Å². The van der Waals surface area contributed by atoms with Gasteiger partial charge in [0.2, 0.25) is 0 Å². The maximum absolute atomic E-state index is 11.1. The number of nitrogens with zero attached hydrogens (tertiary/aromatic N) is 1. The van der Waals surface area contributed by atoms with Gasteiger partial charge in [-0.2, -0.15) is 0 Å². The number of carboxylic acid groups (broad SMARTS) is 1. The molecule has 0 aromatic rings. The van der Waals surface area contributed by atoms with Crippen LogP contribution in [0.3, 0.4) is 0 Å². The Morgan fingerprint density at radius 2 is 1.94 bits per heavy atom. The molecule has 0 saturated carbocycles. The molecule has 1 saturated heterocycles. The molecule has 0 aromatic heterocycles. The summed E-state index contributed by atoms with van der Waals surface area (Å²) in [7, 11) is 2.05. The van der Waals surface area contributed by atoms with E-state index in [4.69, 9.17) is 9.84 Å². The number of hydrogen-bond donors (Lipinski definition) is 1. The highest BCUT2D eigenvalue weighted by atomic mass is 16.5. The van der Waals surface area contributed by atoms with Crippen LogP contribution in [0.15, 0.2) is 0 Å². The van der Waals surface area contributed by atoms with E-state index >= 15 is 0 Å². The molecular formula is C13H25NO3. The van der Waals surface area contributed by atoms with Crippen LogP contribution in [0.2, 0.25) is 0 Å². The monoisotopic (exact) mass is 243 g/mol. The topological polar surface area (TPSA) is 49.8 Å². The molecule has 1 fully saturated rings. The molecule has 0 amide bonds. The highest BCUT2D eigenvalue weighted by molar-refractivity contribution is 5.71. The molecule has 1 aliphatic heterocycles. The first-order valence-electron chi connectivity index (χ1n) is 6.64. The van der Waals surface area contributed by atoms with Crippen LogP contribution in [-0.4, -0.2) is 48.3 Å². The Balaban J connectivity index is 2.64. The van der Waals surface area contributed by atoms with Crippen molar-refractivity contribution in [1.82, 2.24) is 4.90 Å². The fraction of sp³-hybridized carbons (Fsp3) is 0.923. The number of ether oxygens (including phenoxy) is 1. The second kappa shape index (κ2) is 6.97. The predicted octanol–water partition coefficient (Wildman–Crippen LogP) is 1.99. The Labute approximate surface area is 104 Å². The van der Waals surface area contributed by atoms with Crippen LogP contribution in [-0.2, 0) is 9.53 Å². The molecule has 0 aliphatic carbocycles. The van der Waals surface area contributed by atoms with Crippen molar-refractivity contribution in [3.05, 3.63) is 0 Å². The summed E-state index contributed by atoms with van der Waals surface area (Å²) in [6.07, 6.45) is 4.54. The lowest BCUT2D eigenvalue weighted by molar-refractivity contribution is -0.143. The minimum Gasteiger partial charge on any atom is -0.481 e. The van der Waals surface area contributed by atoms with Crippen LogP contribution in [0.25, 0.3) is 0 Å². The smallest absolute Gasteiger partial charge is 0.310 e. The van der Waals surface area contributed by atoms with Gasteiger partial charge in [-0.05, 0) is 19.9 Å². The summed E-state index contributed by atoms with van der Waals surface area (Å²) in [6.45, 7) is 5.26. The zero-order chi connectivity index (χ0) is 12.8. The van der Waals surface area contributed by atoms with Gasteiger partial charge in [0.05, 0.1) is 19.1 Å². The van der Waals surface area contributed by atoms with E-state index < -0.39 is 5.97 Å². The number of carboxylic acids is 1. The SMILES string of the molecule is CCCC(CCC)N(C)C1COCC1C(=O)O. The van der Waals surface area contributed by atoms with E-state index in [9.17, 15) is 4.79 Å². The third-order valence-corrected chi connectivity index (χ3v) is 3.71. The molecule has 2 atom stereocenters. The molecule has 1 rings (SSSR count). The van der Waals surface area contributed by atoms with Gasteiger partial charge in [0.25, 0.3) is 0 Å². The van der Waals surface area contributed by atoms with E-state index in [1.54, 1.807) is 0 Å². The third kappa shape index (κ3) is 3.68. The van der Waals surface area contributed by atoms with E-state index in [-0.39, 0.29) is 12.0 Å². The normalized spacial score (nSPS) is 24.8. The molecule has 0 aromatic carbocycles. The van der Waals surface area contributed by atoms with Crippen molar-refractivity contribution in [2.45, 2.75) is 51.6 Å². The lowest BCUT2D eigenvalue weighted by atomic mass is 9.97. The molecule has 0 radical (unpaired) electrons. The molecule has 0 bridgehead atoms. The lowest BCUT2D eigenvalue weighted by Crippen LogP contribution is -2.46. The summed E-state index contributed by atoms with van der Waals surface area (Å²) in [5.41, 5.74) is 0. The minimum absolute atomic E-state index is 0.0376. The fourth-order valence-corrected chi connectivity index (χ4v) is 2.67. The van der Waals surface area contributed by atoms with Gasteiger partial charge in [-0.1, -0.05) is 26.7 Å². The Hall–Kier alpha value is -0.610. The lowest BCUT2D eigenvalue weighted by Gasteiger charge is -2.34.